The number of imidazole rings is 1. The normalized spacial score (nSPS) is 24.5. The monoisotopic (exact) mass is 250 g/mol. The van der Waals surface area contributed by atoms with Crippen LogP contribution in [0.3, 0.4) is 0 Å². The second-order valence-corrected chi connectivity index (χ2v) is 4.14. The van der Waals surface area contributed by atoms with Gasteiger partial charge < -0.3 is 20.9 Å². The minimum absolute atomic E-state index is 0.0206. The molecular weight excluding hydrogens is 236 g/mol. The molecule has 0 spiro atoms. The highest BCUT2D eigenvalue weighted by Gasteiger charge is 2.24. The van der Waals surface area contributed by atoms with Gasteiger partial charge in [0.25, 0.3) is 0 Å². The molecule has 8 nitrogen and oxygen atoms in total. The van der Waals surface area contributed by atoms with Gasteiger partial charge in [-0.1, -0.05) is 0 Å². The Morgan fingerprint density at radius 1 is 1.44 bits per heavy atom. The van der Waals surface area contributed by atoms with Crippen molar-refractivity contribution in [2.24, 2.45) is 0 Å². The molecule has 0 aliphatic carbocycles. The molecule has 0 radical (unpaired) electrons. The molecule has 1 saturated heterocycles. The number of ether oxygens (including phenoxy) is 1. The van der Waals surface area contributed by atoms with Crippen LogP contribution >= 0.6 is 0 Å². The molecule has 0 amide bonds. The van der Waals surface area contributed by atoms with E-state index in [9.17, 15) is 0 Å². The van der Waals surface area contributed by atoms with Crippen molar-refractivity contribution < 1.29 is 9.84 Å². The molecule has 0 unspecified atom stereocenters. The summed E-state index contributed by atoms with van der Waals surface area (Å²) in [6.45, 7) is 1.25. The molecule has 2 aromatic rings. The van der Waals surface area contributed by atoms with Gasteiger partial charge in [-0.3, -0.25) is 4.57 Å². The van der Waals surface area contributed by atoms with E-state index in [1.54, 1.807) is 10.9 Å². The highest BCUT2D eigenvalue weighted by atomic mass is 16.5. The van der Waals surface area contributed by atoms with Gasteiger partial charge in [-0.05, 0) is 0 Å². The van der Waals surface area contributed by atoms with Gasteiger partial charge in [0.15, 0.2) is 11.5 Å². The van der Waals surface area contributed by atoms with Gasteiger partial charge in [-0.15, -0.1) is 0 Å². The molecule has 8 heteroatoms. The Morgan fingerprint density at radius 2 is 2.33 bits per heavy atom. The number of aliphatic hydroxyl groups excluding tert-OH is 1. The summed E-state index contributed by atoms with van der Waals surface area (Å²) in [4.78, 5) is 12.2. The molecule has 0 saturated carbocycles. The second kappa shape index (κ2) is 4.48. The van der Waals surface area contributed by atoms with Crippen LogP contribution in [0.4, 0.5) is 5.82 Å². The summed E-state index contributed by atoms with van der Waals surface area (Å²) in [7, 11) is 0. The molecule has 3 heterocycles. The first kappa shape index (κ1) is 11.3. The van der Waals surface area contributed by atoms with Crippen molar-refractivity contribution in [3.05, 3.63) is 12.7 Å². The topological polar surface area (TPSA) is 111 Å². The molecule has 2 atom stereocenters. The number of nitrogens with zero attached hydrogens (tertiary/aromatic N) is 4. The molecule has 96 valence electrons. The highest BCUT2D eigenvalue weighted by Crippen LogP contribution is 2.21. The first-order valence-corrected chi connectivity index (χ1v) is 5.69. The Bertz CT molecular complexity index is 556. The maximum atomic E-state index is 9.13. The van der Waals surface area contributed by atoms with Crippen molar-refractivity contribution in [1.29, 1.82) is 0 Å². The molecule has 0 aromatic carbocycles. The number of anilines is 1. The summed E-state index contributed by atoms with van der Waals surface area (Å²) in [5.74, 6) is 0.348. The van der Waals surface area contributed by atoms with Crippen LogP contribution in [-0.2, 0) is 4.74 Å². The van der Waals surface area contributed by atoms with E-state index in [2.05, 4.69) is 20.3 Å². The lowest BCUT2D eigenvalue weighted by atomic mass is 10.3. The number of nitrogen functional groups attached to an aromatic ring is 1. The quantitative estimate of drug-likeness (QED) is 0.619. The average Bonchev–Trinajstić information content (AvgIpc) is 2.84. The Labute approximate surface area is 103 Å². The predicted octanol–water partition coefficient (Wildman–Crippen LogP) is -1.11. The molecule has 3 rings (SSSR count). The van der Waals surface area contributed by atoms with E-state index in [0.717, 1.165) is 0 Å². The maximum absolute atomic E-state index is 9.13. The molecule has 4 N–H and O–H groups in total. The van der Waals surface area contributed by atoms with Crippen LogP contribution in [-0.4, -0.2) is 50.4 Å². The van der Waals surface area contributed by atoms with Crippen LogP contribution in [0.2, 0.25) is 0 Å². The van der Waals surface area contributed by atoms with E-state index in [1.807, 2.05) is 0 Å². The average molecular weight is 250 g/mol. The third kappa shape index (κ3) is 1.80. The number of fused-ring (bicyclic) bond motifs is 1. The number of nitrogens with two attached hydrogens (primary N) is 1. The van der Waals surface area contributed by atoms with E-state index < -0.39 is 0 Å². The van der Waals surface area contributed by atoms with E-state index in [4.69, 9.17) is 15.6 Å². The van der Waals surface area contributed by atoms with Crippen LogP contribution in [0, 0.1) is 0 Å². The van der Waals surface area contributed by atoms with Gasteiger partial charge >= 0.3 is 0 Å². The van der Waals surface area contributed by atoms with E-state index in [1.165, 1.54) is 6.33 Å². The van der Waals surface area contributed by atoms with Crippen molar-refractivity contribution in [3.8, 4) is 0 Å². The second-order valence-electron chi connectivity index (χ2n) is 4.14. The number of hydrogen-bond donors (Lipinski definition) is 3. The largest absolute Gasteiger partial charge is 0.394 e. The fourth-order valence-electron chi connectivity index (χ4n) is 2.04. The molecule has 0 bridgehead atoms. The van der Waals surface area contributed by atoms with Crippen LogP contribution in [0.5, 0.6) is 0 Å². The molecule has 1 aliphatic rings. The third-order valence-corrected chi connectivity index (χ3v) is 2.94. The zero-order valence-corrected chi connectivity index (χ0v) is 9.65. The fourth-order valence-corrected chi connectivity index (χ4v) is 2.04. The number of rotatable bonds is 2. The van der Waals surface area contributed by atoms with E-state index in [0.29, 0.717) is 30.1 Å². The number of aliphatic hydroxyl groups is 1. The Balaban J connectivity index is 1.96. The van der Waals surface area contributed by atoms with Gasteiger partial charge in [-0.25, -0.2) is 15.0 Å². The van der Waals surface area contributed by atoms with Crippen LogP contribution in [0.25, 0.3) is 11.2 Å². The molecular formula is C10H14N6O2. The number of aromatic nitrogens is 4. The fraction of sp³-hybridized carbons (Fsp3) is 0.500. The number of nitrogens with one attached hydrogen (secondary N) is 1. The minimum atomic E-state index is -0.254. The van der Waals surface area contributed by atoms with Gasteiger partial charge in [0.1, 0.15) is 18.1 Å². The van der Waals surface area contributed by atoms with Crippen molar-refractivity contribution in [1.82, 2.24) is 24.8 Å². The van der Waals surface area contributed by atoms with Gasteiger partial charge in [0.05, 0.1) is 19.0 Å². The lowest BCUT2D eigenvalue weighted by Crippen LogP contribution is -2.44. The van der Waals surface area contributed by atoms with Crippen molar-refractivity contribution in [3.63, 3.8) is 0 Å². The summed E-state index contributed by atoms with van der Waals surface area (Å²) in [5, 5.41) is 12.3. The van der Waals surface area contributed by atoms with Crippen molar-refractivity contribution >= 4 is 17.0 Å². The first-order valence-electron chi connectivity index (χ1n) is 5.69. The van der Waals surface area contributed by atoms with E-state index in [-0.39, 0.29) is 18.9 Å². The SMILES string of the molecule is Nc1ncnc2c1ncn2[C@H]1CNC[C@@H](CO)O1. The summed E-state index contributed by atoms with van der Waals surface area (Å²) in [6, 6.07) is 0. The summed E-state index contributed by atoms with van der Waals surface area (Å²) >= 11 is 0. The summed E-state index contributed by atoms with van der Waals surface area (Å²) in [6.07, 6.45) is 2.55. The van der Waals surface area contributed by atoms with Crippen LogP contribution in [0.1, 0.15) is 6.23 Å². The number of hydrogen-bond acceptors (Lipinski definition) is 7. The molecule has 2 aromatic heterocycles. The van der Waals surface area contributed by atoms with E-state index >= 15 is 0 Å². The smallest absolute Gasteiger partial charge is 0.167 e. The zero-order chi connectivity index (χ0) is 12.5. The molecule has 18 heavy (non-hydrogen) atoms. The van der Waals surface area contributed by atoms with Crippen LogP contribution in [0.15, 0.2) is 12.7 Å². The zero-order valence-electron chi connectivity index (χ0n) is 9.65. The number of morpholine rings is 1. The van der Waals surface area contributed by atoms with Gasteiger partial charge in [-0.2, -0.15) is 0 Å². The van der Waals surface area contributed by atoms with Crippen LogP contribution < -0.4 is 11.1 Å². The molecule has 1 aliphatic heterocycles. The van der Waals surface area contributed by atoms with Gasteiger partial charge in [0.2, 0.25) is 0 Å². The Kier molecular flexibility index (Phi) is 2.82. The lowest BCUT2D eigenvalue weighted by Gasteiger charge is -2.30. The summed E-state index contributed by atoms with van der Waals surface area (Å²) in [5.41, 5.74) is 6.92. The maximum Gasteiger partial charge on any atom is 0.167 e. The van der Waals surface area contributed by atoms with Crippen molar-refractivity contribution in [2.45, 2.75) is 12.3 Å². The van der Waals surface area contributed by atoms with Crippen molar-refractivity contribution in [2.75, 3.05) is 25.4 Å². The first-order chi connectivity index (χ1) is 8.79. The Hall–Kier alpha value is -1.77. The standard InChI is InChI=1S/C10H14N6O2/c11-9-8-10(14-4-13-9)16(5-15-8)7-2-12-1-6(3-17)18-7/h4-7,12,17H,1-3H2,(H2,11,13,14)/t6-,7+/m0/s1. The molecule has 1 fully saturated rings. The minimum Gasteiger partial charge on any atom is -0.394 e. The highest BCUT2D eigenvalue weighted by molar-refractivity contribution is 5.81. The van der Waals surface area contributed by atoms with Gasteiger partial charge in [0, 0.05) is 13.1 Å². The predicted molar refractivity (Wildman–Crippen MR) is 63.6 cm³/mol. The Morgan fingerprint density at radius 3 is 3.17 bits per heavy atom. The summed E-state index contributed by atoms with van der Waals surface area (Å²) < 4.78 is 7.53. The third-order valence-electron chi connectivity index (χ3n) is 2.94. The lowest BCUT2D eigenvalue weighted by molar-refractivity contribution is -0.0933.